The molecule has 1 heterocycles. The molecule has 0 radical (unpaired) electrons. The summed E-state index contributed by atoms with van der Waals surface area (Å²) in [4.78, 5) is 0. The standard InChI is InChI=1S/C13H15BrClNO/c1-16-13(10-3-2-6-17-8-10)9-4-5-11(14)12(15)7-9/h4-5,7-8,13,16H,2-3,6H2,1H3. The Labute approximate surface area is 115 Å². The lowest BCUT2D eigenvalue weighted by atomic mass is 9.95. The van der Waals surface area contributed by atoms with E-state index in [0.717, 1.165) is 34.5 Å². The van der Waals surface area contributed by atoms with Crippen molar-refractivity contribution in [3.05, 3.63) is 45.1 Å². The van der Waals surface area contributed by atoms with Gasteiger partial charge in [-0.05, 0) is 59.1 Å². The van der Waals surface area contributed by atoms with Gasteiger partial charge in [0.05, 0.1) is 23.9 Å². The Morgan fingerprint density at radius 3 is 2.88 bits per heavy atom. The second-order valence-electron chi connectivity index (χ2n) is 4.06. The van der Waals surface area contributed by atoms with E-state index < -0.39 is 0 Å². The Morgan fingerprint density at radius 2 is 2.29 bits per heavy atom. The largest absolute Gasteiger partial charge is 0.501 e. The van der Waals surface area contributed by atoms with Crippen LogP contribution in [0.5, 0.6) is 0 Å². The highest BCUT2D eigenvalue weighted by Gasteiger charge is 2.18. The van der Waals surface area contributed by atoms with Gasteiger partial charge in [0, 0.05) is 4.47 Å². The van der Waals surface area contributed by atoms with Gasteiger partial charge in [-0.25, -0.2) is 0 Å². The Bertz CT molecular complexity index is 433. The molecular weight excluding hydrogens is 302 g/mol. The molecule has 92 valence electrons. The van der Waals surface area contributed by atoms with E-state index in [9.17, 15) is 0 Å². The molecular formula is C13H15BrClNO. The third kappa shape index (κ3) is 3.03. The van der Waals surface area contributed by atoms with Crippen LogP contribution in [0.25, 0.3) is 0 Å². The first kappa shape index (κ1) is 12.9. The average molecular weight is 317 g/mol. The van der Waals surface area contributed by atoms with Crippen molar-refractivity contribution < 1.29 is 4.74 Å². The van der Waals surface area contributed by atoms with Gasteiger partial charge in [0.2, 0.25) is 0 Å². The molecule has 1 unspecified atom stereocenters. The predicted molar refractivity (Wildman–Crippen MR) is 74.2 cm³/mol. The predicted octanol–water partition coefficient (Wildman–Crippen LogP) is 4.06. The molecule has 0 saturated heterocycles. The number of halogens is 2. The highest BCUT2D eigenvalue weighted by atomic mass is 79.9. The van der Waals surface area contributed by atoms with E-state index in [2.05, 4.69) is 27.3 Å². The lowest BCUT2D eigenvalue weighted by molar-refractivity contribution is 0.220. The molecule has 0 fully saturated rings. The van der Waals surface area contributed by atoms with Crippen molar-refractivity contribution in [2.75, 3.05) is 13.7 Å². The first-order valence-corrected chi connectivity index (χ1v) is 6.82. The van der Waals surface area contributed by atoms with Crippen molar-refractivity contribution in [2.24, 2.45) is 0 Å². The maximum Gasteiger partial charge on any atom is 0.0876 e. The summed E-state index contributed by atoms with van der Waals surface area (Å²) in [5, 5.41) is 4.05. The molecule has 1 aromatic rings. The molecule has 0 bridgehead atoms. The molecule has 0 spiro atoms. The van der Waals surface area contributed by atoms with Crippen molar-refractivity contribution >= 4 is 27.5 Å². The molecule has 0 amide bonds. The topological polar surface area (TPSA) is 21.3 Å². The number of hydrogen-bond donors (Lipinski definition) is 1. The van der Waals surface area contributed by atoms with Gasteiger partial charge >= 0.3 is 0 Å². The summed E-state index contributed by atoms with van der Waals surface area (Å²) in [6, 6.07) is 6.22. The zero-order valence-corrected chi connectivity index (χ0v) is 12.0. The summed E-state index contributed by atoms with van der Waals surface area (Å²) in [6.07, 6.45) is 4.02. The summed E-state index contributed by atoms with van der Waals surface area (Å²) in [5.74, 6) is 0. The first-order valence-electron chi connectivity index (χ1n) is 5.65. The number of nitrogens with one attached hydrogen (secondary N) is 1. The third-order valence-electron chi connectivity index (χ3n) is 2.90. The second kappa shape index (κ2) is 5.89. The van der Waals surface area contributed by atoms with Crippen LogP contribution in [0.15, 0.2) is 34.5 Å². The van der Waals surface area contributed by atoms with E-state index in [1.807, 2.05) is 25.4 Å². The number of rotatable bonds is 3. The number of likely N-dealkylation sites (N-methyl/N-ethyl adjacent to an activating group) is 1. The van der Waals surface area contributed by atoms with Crippen LogP contribution in [0.2, 0.25) is 5.02 Å². The Balaban J connectivity index is 2.28. The molecule has 0 aliphatic carbocycles. The first-order chi connectivity index (χ1) is 8.22. The molecule has 1 aliphatic heterocycles. The molecule has 1 N–H and O–H groups in total. The highest BCUT2D eigenvalue weighted by molar-refractivity contribution is 9.10. The summed E-state index contributed by atoms with van der Waals surface area (Å²) >= 11 is 9.53. The molecule has 1 aromatic carbocycles. The minimum atomic E-state index is 0.181. The van der Waals surface area contributed by atoms with Gasteiger partial charge in [-0.1, -0.05) is 17.7 Å². The average Bonchev–Trinajstić information content (AvgIpc) is 2.36. The molecule has 17 heavy (non-hydrogen) atoms. The van der Waals surface area contributed by atoms with Crippen LogP contribution >= 0.6 is 27.5 Å². The Kier molecular flexibility index (Phi) is 4.48. The van der Waals surface area contributed by atoms with Crippen molar-refractivity contribution in [3.8, 4) is 0 Å². The van der Waals surface area contributed by atoms with Crippen LogP contribution in [0.3, 0.4) is 0 Å². The van der Waals surface area contributed by atoms with E-state index in [1.54, 1.807) is 0 Å². The van der Waals surface area contributed by atoms with Crippen molar-refractivity contribution in [1.82, 2.24) is 5.32 Å². The monoisotopic (exact) mass is 315 g/mol. The lowest BCUT2D eigenvalue weighted by Crippen LogP contribution is -2.20. The highest BCUT2D eigenvalue weighted by Crippen LogP contribution is 2.31. The summed E-state index contributed by atoms with van der Waals surface area (Å²) < 4.78 is 6.32. The summed E-state index contributed by atoms with van der Waals surface area (Å²) in [7, 11) is 1.95. The normalized spacial score (nSPS) is 17.2. The van der Waals surface area contributed by atoms with Crippen LogP contribution in [-0.2, 0) is 4.74 Å². The van der Waals surface area contributed by atoms with E-state index in [1.165, 1.54) is 5.57 Å². The van der Waals surface area contributed by atoms with Gasteiger partial charge in [0.25, 0.3) is 0 Å². The van der Waals surface area contributed by atoms with Crippen LogP contribution < -0.4 is 5.32 Å². The zero-order valence-electron chi connectivity index (χ0n) is 9.67. The summed E-state index contributed by atoms with van der Waals surface area (Å²) in [6.45, 7) is 0.820. The minimum Gasteiger partial charge on any atom is -0.501 e. The van der Waals surface area contributed by atoms with Gasteiger partial charge in [-0.15, -0.1) is 0 Å². The van der Waals surface area contributed by atoms with E-state index in [-0.39, 0.29) is 6.04 Å². The number of hydrogen-bond acceptors (Lipinski definition) is 2. The molecule has 1 aliphatic rings. The second-order valence-corrected chi connectivity index (χ2v) is 5.32. The Hall–Kier alpha value is -0.510. The third-order valence-corrected chi connectivity index (χ3v) is 4.13. The van der Waals surface area contributed by atoms with Crippen LogP contribution in [0.1, 0.15) is 24.4 Å². The number of ether oxygens (including phenoxy) is 1. The van der Waals surface area contributed by atoms with Gasteiger partial charge in [0.15, 0.2) is 0 Å². The number of benzene rings is 1. The lowest BCUT2D eigenvalue weighted by Gasteiger charge is -2.23. The van der Waals surface area contributed by atoms with E-state index in [4.69, 9.17) is 16.3 Å². The van der Waals surface area contributed by atoms with Crippen molar-refractivity contribution in [1.29, 1.82) is 0 Å². The molecule has 2 nitrogen and oxygen atoms in total. The maximum absolute atomic E-state index is 6.13. The molecule has 2 rings (SSSR count). The van der Waals surface area contributed by atoms with E-state index >= 15 is 0 Å². The quantitative estimate of drug-likeness (QED) is 0.908. The Morgan fingerprint density at radius 1 is 1.47 bits per heavy atom. The SMILES string of the molecule is CNC(C1=COCCC1)c1ccc(Br)c(Cl)c1. The fourth-order valence-electron chi connectivity index (χ4n) is 2.05. The van der Waals surface area contributed by atoms with Gasteiger partial charge < -0.3 is 10.1 Å². The molecule has 0 aromatic heterocycles. The van der Waals surface area contributed by atoms with Gasteiger partial charge in [-0.3, -0.25) is 0 Å². The smallest absolute Gasteiger partial charge is 0.0876 e. The fourth-order valence-corrected chi connectivity index (χ4v) is 2.49. The summed E-state index contributed by atoms with van der Waals surface area (Å²) in [5.41, 5.74) is 2.44. The molecule has 1 atom stereocenters. The molecule has 0 saturated carbocycles. The minimum absolute atomic E-state index is 0.181. The fraction of sp³-hybridized carbons (Fsp3) is 0.385. The van der Waals surface area contributed by atoms with Crippen molar-refractivity contribution in [3.63, 3.8) is 0 Å². The van der Waals surface area contributed by atoms with Crippen molar-refractivity contribution in [2.45, 2.75) is 18.9 Å². The van der Waals surface area contributed by atoms with Crippen LogP contribution in [0, 0.1) is 0 Å². The van der Waals surface area contributed by atoms with Crippen LogP contribution in [-0.4, -0.2) is 13.7 Å². The molecule has 4 heteroatoms. The van der Waals surface area contributed by atoms with Gasteiger partial charge in [-0.2, -0.15) is 0 Å². The maximum atomic E-state index is 6.13. The van der Waals surface area contributed by atoms with Crippen LogP contribution in [0.4, 0.5) is 0 Å². The van der Waals surface area contributed by atoms with E-state index in [0.29, 0.717) is 0 Å². The zero-order chi connectivity index (χ0) is 12.3. The van der Waals surface area contributed by atoms with Gasteiger partial charge in [0.1, 0.15) is 0 Å².